The molecule has 0 amide bonds. The lowest BCUT2D eigenvalue weighted by atomic mass is 9.82. The Morgan fingerprint density at radius 3 is 2.56 bits per heavy atom. The number of allylic oxidation sites excluding steroid dienone is 1. The summed E-state index contributed by atoms with van der Waals surface area (Å²) in [7, 11) is 0. The summed E-state index contributed by atoms with van der Waals surface area (Å²) in [5, 5.41) is 17.4. The fraction of sp³-hybridized carbons (Fsp3) is 0.111. The molecular weight excluding hydrogens is 431 g/mol. The van der Waals surface area contributed by atoms with Crippen molar-refractivity contribution in [1.29, 1.82) is 5.26 Å². The van der Waals surface area contributed by atoms with Gasteiger partial charge in [-0.05, 0) is 30.7 Å². The minimum absolute atomic E-state index is 0.00953. The van der Waals surface area contributed by atoms with Gasteiger partial charge in [0.25, 0.3) is 0 Å². The van der Waals surface area contributed by atoms with E-state index in [1.54, 1.807) is 12.1 Å². The lowest BCUT2D eigenvalue weighted by Gasteiger charge is -2.25. The van der Waals surface area contributed by atoms with Crippen LogP contribution in [0.2, 0.25) is 0 Å². The van der Waals surface area contributed by atoms with E-state index in [2.05, 4.69) is 16.3 Å². The van der Waals surface area contributed by atoms with Gasteiger partial charge in [-0.2, -0.15) is 5.26 Å². The number of para-hydroxylation sites is 1. The number of ether oxygens (including phenoxy) is 2. The highest BCUT2D eigenvalue weighted by molar-refractivity contribution is 5.71. The third kappa shape index (κ3) is 3.86. The van der Waals surface area contributed by atoms with Crippen LogP contribution in [0.25, 0.3) is 11.3 Å². The first-order valence-electron chi connectivity index (χ1n) is 10.7. The number of aryl methyl sites for hydroxylation is 1. The number of nitrogens with one attached hydrogen (secondary N) is 1. The second kappa shape index (κ2) is 8.75. The summed E-state index contributed by atoms with van der Waals surface area (Å²) >= 11 is 0. The van der Waals surface area contributed by atoms with Gasteiger partial charge >= 0.3 is 0 Å². The van der Waals surface area contributed by atoms with Crippen molar-refractivity contribution in [3.63, 3.8) is 0 Å². The van der Waals surface area contributed by atoms with Gasteiger partial charge in [0, 0.05) is 11.1 Å². The number of rotatable bonds is 5. The average Bonchev–Trinajstić information content (AvgIpc) is 3.27. The van der Waals surface area contributed by atoms with Crippen molar-refractivity contribution in [1.82, 2.24) is 10.2 Å². The van der Waals surface area contributed by atoms with E-state index in [0.29, 0.717) is 17.2 Å². The maximum Gasteiger partial charge on any atom is 0.244 e. The molecule has 168 valence electrons. The fourth-order valence-corrected chi connectivity index (χ4v) is 4.09. The lowest BCUT2D eigenvalue weighted by Crippen LogP contribution is -2.21. The Morgan fingerprint density at radius 1 is 1.09 bits per heavy atom. The van der Waals surface area contributed by atoms with E-state index in [1.165, 1.54) is 12.1 Å². The number of nitrogens with zero attached hydrogens (tertiary/aromatic N) is 2. The highest BCUT2D eigenvalue weighted by Crippen LogP contribution is 2.47. The molecule has 0 spiro atoms. The van der Waals surface area contributed by atoms with Crippen LogP contribution in [0.15, 0.2) is 84.3 Å². The lowest BCUT2D eigenvalue weighted by molar-refractivity contribution is 0.301. The van der Waals surface area contributed by atoms with Gasteiger partial charge in [0.1, 0.15) is 29.8 Å². The van der Waals surface area contributed by atoms with Gasteiger partial charge in [-0.25, -0.2) is 4.39 Å². The van der Waals surface area contributed by atoms with Crippen molar-refractivity contribution in [2.75, 3.05) is 0 Å². The van der Waals surface area contributed by atoms with Crippen LogP contribution in [0.1, 0.15) is 28.2 Å². The van der Waals surface area contributed by atoms with Crippen molar-refractivity contribution in [3.8, 4) is 29.0 Å². The van der Waals surface area contributed by atoms with Crippen LogP contribution < -0.4 is 15.2 Å². The molecule has 0 radical (unpaired) electrons. The van der Waals surface area contributed by atoms with E-state index < -0.39 is 5.92 Å². The normalized spacial score (nSPS) is 14.8. The summed E-state index contributed by atoms with van der Waals surface area (Å²) in [5.41, 5.74) is 11.5. The molecule has 5 rings (SSSR count). The number of H-pyrrole nitrogens is 1. The van der Waals surface area contributed by atoms with E-state index in [-0.39, 0.29) is 23.9 Å². The van der Waals surface area contributed by atoms with E-state index in [9.17, 15) is 9.65 Å². The van der Waals surface area contributed by atoms with Gasteiger partial charge in [-0.3, -0.25) is 5.10 Å². The van der Waals surface area contributed by atoms with Crippen molar-refractivity contribution < 1.29 is 13.9 Å². The minimum Gasteiger partial charge on any atom is -0.489 e. The Hall–Kier alpha value is -4.57. The highest BCUT2D eigenvalue weighted by atomic mass is 19.1. The molecule has 3 aromatic carbocycles. The molecule has 2 heterocycles. The Kier molecular flexibility index (Phi) is 5.48. The number of hydrogen-bond donors (Lipinski definition) is 2. The molecule has 0 saturated heterocycles. The molecule has 34 heavy (non-hydrogen) atoms. The first-order valence-corrected chi connectivity index (χ1v) is 10.7. The minimum atomic E-state index is -0.548. The molecule has 1 aliphatic heterocycles. The topological polar surface area (TPSA) is 97.0 Å². The number of aromatic amines is 1. The Morgan fingerprint density at radius 2 is 1.82 bits per heavy atom. The molecule has 1 atom stereocenters. The molecule has 0 unspecified atom stereocenters. The Labute approximate surface area is 196 Å². The number of fused-ring (bicyclic) bond motifs is 1. The molecule has 1 aromatic heterocycles. The summed E-state index contributed by atoms with van der Waals surface area (Å²) in [6.07, 6.45) is 0. The van der Waals surface area contributed by atoms with Crippen molar-refractivity contribution >= 4 is 0 Å². The monoisotopic (exact) mass is 452 g/mol. The van der Waals surface area contributed by atoms with Crippen LogP contribution in [0.5, 0.6) is 11.6 Å². The number of nitrogens with two attached hydrogens (primary N) is 1. The van der Waals surface area contributed by atoms with Gasteiger partial charge in [0.05, 0.1) is 17.2 Å². The molecule has 0 bridgehead atoms. The van der Waals surface area contributed by atoms with Crippen LogP contribution in [-0.2, 0) is 6.61 Å². The zero-order valence-electron chi connectivity index (χ0n) is 18.4. The van der Waals surface area contributed by atoms with Crippen LogP contribution in [0.4, 0.5) is 4.39 Å². The number of hydrogen-bond acceptors (Lipinski definition) is 5. The molecule has 6 nitrogen and oxygen atoms in total. The van der Waals surface area contributed by atoms with Crippen LogP contribution >= 0.6 is 0 Å². The molecule has 3 N–H and O–H groups in total. The number of benzene rings is 3. The maximum absolute atomic E-state index is 13.3. The molecule has 7 heteroatoms. The summed E-state index contributed by atoms with van der Waals surface area (Å²) in [6, 6.07) is 23.8. The molecule has 0 fully saturated rings. The Balaban J connectivity index is 1.60. The zero-order valence-corrected chi connectivity index (χ0v) is 18.4. The van der Waals surface area contributed by atoms with Gasteiger partial charge < -0.3 is 15.2 Å². The van der Waals surface area contributed by atoms with Crippen molar-refractivity contribution in [2.45, 2.75) is 19.4 Å². The third-order valence-electron chi connectivity index (χ3n) is 5.82. The van der Waals surface area contributed by atoms with E-state index >= 15 is 0 Å². The van der Waals surface area contributed by atoms with Crippen LogP contribution in [-0.4, -0.2) is 10.2 Å². The third-order valence-corrected chi connectivity index (χ3v) is 5.82. The first-order chi connectivity index (χ1) is 16.5. The SMILES string of the molecule is Cc1ccc(-c2[nH]nc3c2[C@H](c2ccccc2OCc2ccc(F)cc2)C(C#N)=C(N)O3)cc1. The molecular formula is C27H21FN4O2. The summed E-state index contributed by atoms with van der Waals surface area (Å²) in [5.74, 6) is 0.0666. The summed E-state index contributed by atoms with van der Waals surface area (Å²) in [4.78, 5) is 0. The second-order valence-corrected chi connectivity index (χ2v) is 8.06. The number of nitriles is 1. The standard InChI is InChI=1S/C27H21FN4O2/c1-16-6-10-18(11-7-16)25-24-23(21(14-29)26(30)34-27(24)32-31-25)20-4-2-3-5-22(20)33-15-17-8-12-19(28)13-9-17/h2-13,23H,15,30H2,1H3,(H,31,32)/t23-/m1/s1. The maximum atomic E-state index is 13.3. The highest BCUT2D eigenvalue weighted by Gasteiger charge is 2.37. The zero-order chi connectivity index (χ0) is 23.7. The smallest absolute Gasteiger partial charge is 0.244 e. The van der Waals surface area contributed by atoms with Gasteiger partial charge in [0.2, 0.25) is 11.8 Å². The average molecular weight is 452 g/mol. The predicted octanol–water partition coefficient (Wildman–Crippen LogP) is 5.32. The van der Waals surface area contributed by atoms with Crippen molar-refractivity contribution in [3.05, 3.63) is 112 Å². The number of halogens is 1. The Bertz CT molecular complexity index is 1420. The van der Waals surface area contributed by atoms with Gasteiger partial charge in [-0.1, -0.05) is 60.2 Å². The van der Waals surface area contributed by atoms with Gasteiger partial charge in [0.15, 0.2) is 0 Å². The van der Waals surface area contributed by atoms with Crippen LogP contribution in [0.3, 0.4) is 0 Å². The van der Waals surface area contributed by atoms with Gasteiger partial charge in [-0.15, -0.1) is 5.10 Å². The molecule has 0 saturated carbocycles. The summed E-state index contributed by atoms with van der Waals surface area (Å²) in [6.45, 7) is 2.26. The second-order valence-electron chi connectivity index (χ2n) is 8.06. The molecule has 4 aromatic rings. The van der Waals surface area contributed by atoms with E-state index in [0.717, 1.165) is 27.9 Å². The molecule has 1 aliphatic rings. The quantitative estimate of drug-likeness (QED) is 0.427. The molecule has 0 aliphatic carbocycles. The summed E-state index contributed by atoms with van der Waals surface area (Å²) < 4.78 is 25.1. The van der Waals surface area contributed by atoms with Crippen LogP contribution in [0, 0.1) is 24.1 Å². The number of aromatic nitrogens is 2. The fourth-order valence-electron chi connectivity index (χ4n) is 4.09. The predicted molar refractivity (Wildman–Crippen MR) is 125 cm³/mol. The van der Waals surface area contributed by atoms with E-state index in [4.69, 9.17) is 15.2 Å². The first kappa shape index (κ1) is 21.3. The van der Waals surface area contributed by atoms with Crippen molar-refractivity contribution in [2.24, 2.45) is 5.73 Å². The van der Waals surface area contributed by atoms with E-state index in [1.807, 2.05) is 55.5 Å². The largest absolute Gasteiger partial charge is 0.489 e.